The second kappa shape index (κ2) is 3.52. The molecule has 1 aromatic carbocycles. The lowest BCUT2D eigenvalue weighted by molar-refractivity contribution is 0.467. The number of nitrogens with zero attached hydrogens (tertiary/aromatic N) is 2. The fourth-order valence-corrected chi connectivity index (χ4v) is 1.52. The molecule has 0 unspecified atom stereocenters. The summed E-state index contributed by atoms with van der Waals surface area (Å²) in [7, 11) is 1.66. The van der Waals surface area contributed by atoms with Gasteiger partial charge >= 0.3 is 0 Å². The van der Waals surface area contributed by atoms with Crippen LogP contribution in [0, 0.1) is 12.7 Å². The molecule has 0 aliphatic heterocycles. The smallest absolute Gasteiger partial charge is 0.136 e. The van der Waals surface area contributed by atoms with Gasteiger partial charge in [0.25, 0.3) is 0 Å². The minimum atomic E-state index is -0.513. The van der Waals surface area contributed by atoms with Crippen LogP contribution in [0.2, 0.25) is 0 Å². The summed E-state index contributed by atoms with van der Waals surface area (Å²) in [6.45, 7) is 1.70. The number of rotatable bonds is 1. The number of hydrogen-bond acceptors (Lipinski definition) is 3. The fraction of sp³-hybridized carbons (Fsp3) is 0.182. The number of nitrogens with two attached hydrogens (primary N) is 1. The van der Waals surface area contributed by atoms with Gasteiger partial charge in [-0.05, 0) is 18.6 Å². The van der Waals surface area contributed by atoms with Crippen LogP contribution in [-0.4, -0.2) is 14.9 Å². The Morgan fingerprint density at radius 1 is 1.44 bits per heavy atom. The van der Waals surface area contributed by atoms with Crippen LogP contribution in [0.3, 0.4) is 0 Å². The molecule has 0 saturated carbocycles. The van der Waals surface area contributed by atoms with Gasteiger partial charge in [0.15, 0.2) is 0 Å². The number of aromatic hydroxyl groups is 1. The molecular formula is C11H12FN3O. The van der Waals surface area contributed by atoms with Crippen molar-refractivity contribution < 1.29 is 9.50 Å². The topological polar surface area (TPSA) is 64.1 Å². The summed E-state index contributed by atoms with van der Waals surface area (Å²) in [4.78, 5) is 0. The lowest BCUT2D eigenvalue weighted by Crippen LogP contribution is -1.96. The highest BCUT2D eigenvalue weighted by molar-refractivity contribution is 5.71. The maximum absolute atomic E-state index is 13.6. The molecule has 0 amide bonds. The number of phenols is 1. The number of anilines is 1. The highest BCUT2D eigenvalue weighted by atomic mass is 19.1. The van der Waals surface area contributed by atoms with Gasteiger partial charge in [0.2, 0.25) is 0 Å². The molecule has 16 heavy (non-hydrogen) atoms. The van der Waals surface area contributed by atoms with E-state index in [0.717, 1.165) is 0 Å². The van der Waals surface area contributed by atoms with E-state index in [1.807, 2.05) is 0 Å². The van der Waals surface area contributed by atoms with Crippen molar-refractivity contribution in [1.82, 2.24) is 9.78 Å². The zero-order valence-corrected chi connectivity index (χ0v) is 9.03. The molecule has 0 aliphatic carbocycles. The SMILES string of the molecule is Cc1ccc(F)c(-c2cc(N)n(C)n2)c1O. The maximum atomic E-state index is 13.6. The second-order valence-corrected chi connectivity index (χ2v) is 3.67. The number of phenolic OH excluding ortho intramolecular Hbond substituents is 1. The Balaban J connectivity index is 2.68. The van der Waals surface area contributed by atoms with Crippen molar-refractivity contribution in [2.75, 3.05) is 5.73 Å². The summed E-state index contributed by atoms with van der Waals surface area (Å²) in [6.07, 6.45) is 0. The first-order valence-electron chi connectivity index (χ1n) is 4.78. The van der Waals surface area contributed by atoms with Crippen LogP contribution in [0.1, 0.15) is 5.56 Å². The number of halogens is 1. The van der Waals surface area contributed by atoms with Crippen LogP contribution in [0.5, 0.6) is 5.75 Å². The van der Waals surface area contributed by atoms with E-state index in [-0.39, 0.29) is 11.3 Å². The molecule has 0 fully saturated rings. The first kappa shape index (κ1) is 10.5. The third-order valence-corrected chi connectivity index (χ3v) is 2.50. The highest BCUT2D eigenvalue weighted by Gasteiger charge is 2.16. The van der Waals surface area contributed by atoms with Crippen LogP contribution in [-0.2, 0) is 7.05 Å². The predicted octanol–water partition coefficient (Wildman–Crippen LogP) is 1.82. The van der Waals surface area contributed by atoms with Crippen molar-refractivity contribution in [2.45, 2.75) is 6.92 Å². The molecule has 2 aromatic rings. The summed E-state index contributed by atoms with van der Waals surface area (Å²) >= 11 is 0. The molecule has 0 bridgehead atoms. The molecule has 0 saturated heterocycles. The highest BCUT2D eigenvalue weighted by Crippen LogP contribution is 2.34. The first-order valence-corrected chi connectivity index (χ1v) is 4.78. The average Bonchev–Trinajstić information content (AvgIpc) is 2.54. The predicted molar refractivity (Wildman–Crippen MR) is 59.4 cm³/mol. The normalized spacial score (nSPS) is 10.7. The number of aromatic nitrogens is 2. The van der Waals surface area contributed by atoms with Crippen LogP contribution in [0.25, 0.3) is 11.3 Å². The van der Waals surface area contributed by atoms with Crippen molar-refractivity contribution in [3.8, 4) is 17.0 Å². The van der Waals surface area contributed by atoms with Gasteiger partial charge in [-0.25, -0.2) is 4.39 Å². The maximum Gasteiger partial charge on any atom is 0.136 e. The average molecular weight is 221 g/mol. The Hall–Kier alpha value is -2.04. The summed E-state index contributed by atoms with van der Waals surface area (Å²) in [5.41, 5.74) is 6.63. The molecule has 0 aliphatic rings. The summed E-state index contributed by atoms with van der Waals surface area (Å²) in [6, 6.07) is 4.34. The Morgan fingerprint density at radius 2 is 2.12 bits per heavy atom. The third-order valence-electron chi connectivity index (χ3n) is 2.50. The van der Waals surface area contributed by atoms with Gasteiger partial charge in [0.1, 0.15) is 23.1 Å². The molecule has 0 radical (unpaired) electrons. The van der Waals surface area contributed by atoms with E-state index in [2.05, 4.69) is 5.10 Å². The molecule has 2 rings (SSSR count). The van der Waals surface area contributed by atoms with Gasteiger partial charge in [-0.3, -0.25) is 4.68 Å². The quantitative estimate of drug-likeness (QED) is 0.772. The van der Waals surface area contributed by atoms with Gasteiger partial charge in [-0.15, -0.1) is 0 Å². The summed E-state index contributed by atoms with van der Waals surface area (Å²) < 4.78 is 15.0. The second-order valence-electron chi connectivity index (χ2n) is 3.67. The Kier molecular flexibility index (Phi) is 2.30. The van der Waals surface area contributed by atoms with E-state index in [4.69, 9.17) is 5.73 Å². The molecular weight excluding hydrogens is 209 g/mol. The molecule has 0 atom stereocenters. The Labute approximate surface area is 92.1 Å². The monoisotopic (exact) mass is 221 g/mol. The number of aryl methyl sites for hydroxylation is 2. The lowest BCUT2D eigenvalue weighted by Gasteiger charge is -2.05. The molecule has 0 spiro atoms. The van der Waals surface area contributed by atoms with Crippen LogP contribution >= 0.6 is 0 Å². The molecule has 5 heteroatoms. The van der Waals surface area contributed by atoms with Crippen LogP contribution in [0.15, 0.2) is 18.2 Å². The van der Waals surface area contributed by atoms with Gasteiger partial charge in [0, 0.05) is 13.1 Å². The van der Waals surface area contributed by atoms with E-state index < -0.39 is 5.82 Å². The van der Waals surface area contributed by atoms with E-state index in [9.17, 15) is 9.50 Å². The minimum Gasteiger partial charge on any atom is -0.507 e. The van der Waals surface area contributed by atoms with E-state index in [0.29, 0.717) is 17.1 Å². The van der Waals surface area contributed by atoms with Crippen molar-refractivity contribution in [1.29, 1.82) is 0 Å². The summed E-state index contributed by atoms with van der Waals surface area (Å²) in [5, 5.41) is 13.8. The van der Waals surface area contributed by atoms with Gasteiger partial charge in [-0.2, -0.15) is 5.10 Å². The molecule has 4 nitrogen and oxygen atoms in total. The largest absolute Gasteiger partial charge is 0.507 e. The molecule has 84 valence electrons. The number of hydrogen-bond donors (Lipinski definition) is 2. The minimum absolute atomic E-state index is 0.0901. The molecule has 3 N–H and O–H groups in total. The van der Waals surface area contributed by atoms with E-state index >= 15 is 0 Å². The number of benzene rings is 1. The van der Waals surface area contributed by atoms with Crippen molar-refractivity contribution in [3.05, 3.63) is 29.6 Å². The van der Waals surface area contributed by atoms with Crippen LogP contribution in [0.4, 0.5) is 10.2 Å². The molecule has 1 aromatic heterocycles. The van der Waals surface area contributed by atoms with Crippen molar-refractivity contribution in [2.24, 2.45) is 7.05 Å². The Morgan fingerprint density at radius 3 is 2.69 bits per heavy atom. The van der Waals surface area contributed by atoms with E-state index in [1.165, 1.54) is 22.9 Å². The standard InChI is InChI=1S/C11H12FN3O/c1-6-3-4-7(12)10(11(6)16)8-5-9(13)15(2)14-8/h3-5,16H,13H2,1-2H3. The van der Waals surface area contributed by atoms with E-state index in [1.54, 1.807) is 14.0 Å². The zero-order valence-electron chi connectivity index (χ0n) is 9.03. The lowest BCUT2D eigenvalue weighted by atomic mass is 10.1. The van der Waals surface area contributed by atoms with Gasteiger partial charge < -0.3 is 10.8 Å². The first-order chi connectivity index (χ1) is 7.50. The number of nitrogen functional groups attached to an aromatic ring is 1. The Bertz CT molecular complexity index is 529. The molecule has 1 heterocycles. The van der Waals surface area contributed by atoms with Crippen molar-refractivity contribution >= 4 is 5.82 Å². The van der Waals surface area contributed by atoms with Crippen molar-refractivity contribution in [3.63, 3.8) is 0 Å². The van der Waals surface area contributed by atoms with Gasteiger partial charge in [-0.1, -0.05) is 6.07 Å². The summed E-state index contributed by atoms with van der Waals surface area (Å²) in [5.74, 6) is -0.199. The van der Waals surface area contributed by atoms with Gasteiger partial charge in [0.05, 0.1) is 5.56 Å². The third kappa shape index (κ3) is 1.50. The van der Waals surface area contributed by atoms with Crippen LogP contribution < -0.4 is 5.73 Å². The fourth-order valence-electron chi connectivity index (χ4n) is 1.52. The zero-order chi connectivity index (χ0) is 11.9.